The fourth-order valence-corrected chi connectivity index (χ4v) is 4.43. The lowest BCUT2D eigenvalue weighted by molar-refractivity contribution is -0.141. The Bertz CT molecular complexity index is 588. The van der Waals surface area contributed by atoms with E-state index in [4.69, 9.17) is 5.11 Å². The molecule has 0 fully saturated rings. The number of sulfonamides is 1. The van der Waals surface area contributed by atoms with Gasteiger partial charge in [-0.2, -0.15) is 4.31 Å². The van der Waals surface area contributed by atoms with Crippen molar-refractivity contribution >= 4 is 47.9 Å². The van der Waals surface area contributed by atoms with Crippen molar-refractivity contribution in [3.63, 3.8) is 0 Å². The molecule has 1 N–H and O–H groups in total. The molecule has 0 aliphatic rings. The lowest BCUT2D eigenvalue weighted by Gasteiger charge is -2.23. The lowest BCUT2D eigenvalue weighted by atomic mass is 10.2. The molecule has 5 nitrogen and oxygen atoms in total. The first kappa shape index (κ1) is 16.6. The van der Waals surface area contributed by atoms with Gasteiger partial charge in [0.05, 0.1) is 4.90 Å². The van der Waals surface area contributed by atoms with Gasteiger partial charge in [-0.05, 0) is 40.5 Å². The third-order valence-electron chi connectivity index (χ3n) is 2.66. The highest BCUT2D eigenvalue weighted by atomic mass is 79.9. The third kappa shape index (κ3) is 3.56. The average Bonchev–Trinajstić information content (AvgIpc) is 2.32. The molecule has 0 aliphatic carbocycles. The van der Waals surface area contributed by atoms with Crippen molar-refractivity contribution in [2.75, 3.05) is 7.05 Å². The molecule has 0 saturated heterocycles. The molecule has 1 aromatic rings. The smallest absolute Gasteiger partial charge is 0.321 e. The maximum atomic E-state index is 12.4. The topological polar surface area (TPSA) is 74.7 Å². The van der Waals surface area contributed by atoms with Gasteiger partial charge < -0.3 is 5.11 Å². The van der Waals surface area contributed by atoms with Crippen LogP contribution in [0.1, 0.15) is 13.3 Å². The van der Waals surface area contributed by atoms with Gasteiger partial charge in [0.15, 0.2) is 0 Å². The van der Waals surface area contributed by atoms with Crippen LogP contribution in [0.5, 0.6) is 0 Å². The van der Waals surface area contributed by atoms with E-state index in [2.05, 4.69) is 31.9 Å². The van der Waals surface area contributed by atoms with Crippen LogP contribution in [-0.2, 0) is 14.8 Å². The van der Waals surface area contributed by atoms with Crippen molar-refractivity contribution in [2.24, 2.45) is 0 Å². The number of hydrogen-bond acceptors (Lipinski definition) is 3. The molecule has 106 valence electrons. The number of likely N-dealkylation sites (N-methyl/N-ethyl adjacent to an activating group) is 1. The van der Waals surface area contributed by atoms with E-state index in [1.807, 2.05) is 0 Å². The van der Waals surface area contributed by atoms with Crippen molar-refractivity contribution in [2.45, 2.75) is 24.3 Å². The van der Waals surface area contributed by atoms with Crippen molar-refractivity contribution < 1.29 is 18.3 Å². The van der Waals surface area contributed by atoms with Gasteiger partial charge in [0.1, 0.15) is 6.04 Å². The predicted molar refractivity (Wildman–Crippen MR) is 78.5 cm³/mol. The molecule has 1 atom stereocenters. The summed E-state index contributed by atoms with van der Waals surface area (Å²) < 4.78 is 26.7. The van der Waals surface area contributed by atoms with Crippen LogP contribution in [0.25, 0.3) is 0 Å². The van der Waals surface area contributed by atoms with Crippen molar-refractivity contribution in [1.29, 1.82) is 0 Å². The highest BCUT2D eigenvalue weighted by Crippen LogP contribution is 2.28. The van der Waals surface area contributed by atoms with Crippen molar-refractivity contribution in [3.05, 3.63) is 27.1 Å². The van der Waals surface area contributed by atoms with Gasteiger partial charge in [-0.15, -0.1) is 0 Å². The molecule has 1 aromatic carbocycles. The minimum absolute atomic E-state index is 0.0316. The second kappa shape index (κ2) is 6.34. The molecular formula is C11H13Br2NO4S. The molecule has 0 heterocycles. The lowest BCUT2D eigenvalue weighted by Crippen LogP contribution is -2.41. The Morgan fingerprint density at radius 2 is 2.00 bits per heavy atom. The molecule has 0 aromatic heterocycles. The fourth-order valence-electron chi connectivity index (χ4n) is 1.58. The summed E-state index contributed by atoms with van der Waals surface area (Å²) >= 11 is 6.37. The van der Waals surface area contributed by atoms with E-state index in [0.29, 0.717) is 8.95 Å². The Labute approximate surface area is 128 Å². The first-order valence-corrected chi connectivity index (χ1v) is 8.40. The normalized spacial score (nSPS) is 13.5. The fraction of sp³-hybridized carbons (Fsp3) is 0.364. The van der Waals surface area contributed by atoms with Gasteiger partial charge in [-0.25, -0.2) is 8.42 Å². The highest BCUT2D eigenvalue weighted by Gasteiger charge is 2.32. The second-order valence-electron chi connectivity index (χ2n) is 3.86. The summed E-state index contributed by atoms with van der Waals surface area (Å²) in [5.41, 5.74) is 0. The van der Waals surface area contributed by atoms with E-state index in [0.717, 1.165) is 4.31 Å². The van der Waals surface area contributed by atoms with E-state index in [1.165, 1.54) is 13.1 Å². The minimum Gasteiger partial charge on any atom is -0.480 e. The van der Waals surface area contributed by atoms with E-state index >= 15 is 0 Å². The first-order chi connectivity index (χ1) is 8.71. The molecule has 0 bridgehead atoms. The Morgan fingerprint density at radius 3 is 2.47 bits per heavy atom. The molecule has 0 radical (unpaired) electrons. The molecule has 0 spiro atoms. The van der Waals surface area contributed by atoms with Crippen LogP contribution in [-0.4, -0.2) is 36.9 Å². The van der Waals surface area contributed by atoms with Crippen LogP contribution in [0.3, 0.4) is 0 Å². The number of carbonyl (C=O) groups is 1. The van der Waals surface area contributed by atoms with Gasteiger partial charge in [0, 0.05) is 16.0 Å². The quantitative estimate of drug-likeness (QED) is 0.803. The number of aliphatic carboxylic acids is 1. The van der Waals surface area contributed by atoms with Crippen LogP contribution < -0.4 is 0 Å². The van der Waals surface area contributed by atoms with E-state index < -0.39 is 22.0 Å². The zero-order valence-electron chi connectivity index (χ0n) is 10.3. The largest absolute Gasteiger partial charge is 0.480 e. The molecular weight excluding hydrogens is 402 g/mol. The zero-order chi connectivity index (χ0) is 14.8. The summed E-state index contributed by atoms with van der Waals surface area (Å²) in [7, 11) is -2.60. The summed E-state index contributed by atoms with van der Waals surface area (Å²) in [6.07, 6.45) is 0.191. The summed E-state index contributed by atoms with van der Waals surface area (Å²) in [6, 6.07) is 3.63. The standard InChI is InChI=1S/C11H13Br2NO4S/c1-3-9(11(15)16)14(2)19(17,18)10-6-7(12)4-5-8(10)13/h4-6,9H,3H2,1-2H3,(H,15,16). The first-order valence-electron chi connectivity index (χ1n) is 5.37. The van der Waals surface area contributed by atoms with Gasteiger partial charge in [-0.1, -0.05) is 22.9 Å². The Hall–Kier alpha value is -0.440. The molecule has 1 rings (SSSR count). The molecule has 19 heavy (non-hydrogen) atoms. The Kier molecular flexibility index (Phi) is 5.54. The maximum absolute atomic E-state index is 12.4. The van der Waals surface area contributed by atoms with E-state index in [1.54, 1.807) is 19.1 Å². The van der Waals surface area contributed by atoms with Crippen molar-refractivity contribution in [1.82, 2.24) is 4.31 Å². The van der Waals surface area contributed by atoms with Gasteiger partial charge in [0.2, 0.25) is 10.0 Å². The molecule has 0 saturated carbocycles. The number of benzene rings is 1. The number of carboxylic acids is 1. The second-order valence-corrected chi connectivity index (χ2v) is 7.59. The number of hydrogen-bond donors (Lipinski definition) is 1. The molecule has 8 heteroatoms. The van der Waals surface area contributed by atoms with Crippen LogP contribution >= 0.6 is 31.9 Å². The minimum atomic E-state index is -3.87. The SMILES string of the molecule is CCC(C(=O)O)N(C)S(=O)(=O)c1cc(Br)ccc1Br. The van der Waals surface area contributed by atoms with Crippen LogP contribution in [0.4, 0.5) is 0 Å². The molecule has 0 aliphatic heterocycles. The van der Waals surface area contributed by atoms with Gasteiger partial charge in [0.25, 0.3) is 0 Å². The number of nitrogens with zero attached hydrogens (tertiary/aromatic N) is 1. The van der Waals surface area contributed by atoms with Crippen molar-refractivity contribution in [3.8, 4) is 0 Å². The maximum Gasteiger partial charge on any atom is 0.321 e. The highest BCUT2D eigenvalue weighted by molar-refractivity contribution is 9.11. The summed E-state index contributed by atoms with van der Waals surface area (Å²) in [4.78, 5) is 11.1. The van der Waals surface area contributed by atoms with Gasteiger partial charge in [-0.3, -0.25) is 4.79 Å². The average molecular weight is 415 g/mol. The number of rotatable bonds is 5. The number of halogens is 2. The van der Waals surface area contributed by atoms with Crippen LogP contribution in [0, 0.1) is 0 Å². The summed E-state index contributed by atoms with van der Waals surface area (Å²) in [6.45, 7) is 1.63. The summed E-state index contributed by atoms with van der Waals surface area (Å²) in [5.74, 6) is -1.17. The predicted octanol–water partition coefficient (Wildman–Crippen LogP) is 2.70. The molecule has 0 amide bonds. The molecule has 1 unspecified atom stereocenters. The summed E-state index contributed by atoms with van der Waals surface area (Å²) in [5, 5.41) is 9.05. The Balaban J connectivity index is 3.31. The number of carboxylic acid groups (broad SMARTS) is 1. The van der Waals surface area contributed by atoms with E-state index in [-0.39, 0.29) is 11.3 Å². The Morgan fingerprint density at radius 1 is 1.42 bits per heavy atom. The van der Waals surface area contributed by atoms with E-state index in [9.17, 15) is 13.2 Å². The third-order valence-corrected chi connectivity index (χ3v) is 6.01. The van der Waals surface area contributed by atoms with Gasteiger partial charge >= 0.3 is 5.97 Å². The zero-order valence-corrected chi connectivity index (χ0v) is 14.3. The monoisotopic (exact) mass is 413 g/mol. The van der Waals surface area contributed by atoms with Crippen LogP contribution in [0.2, 0.25) is 0 Å². The van der Waals surface area contributed by atoms with Crippen LogP contribution in [0.15, 0.2) is 32.0 Å².